The predicted molar refractivity (Wildman–Crippen MR) is 135 cm³/mol. The smallest absolute Gasteiger partial charge is 0.226 e. The van der Waals surface area contributed by atoms with Gasteiger partial charge in [-0.25, -0.2) is 19.6 Å². The fraction of sp³-hybridized carbons (Fsp3) is 0.217. The van der Waals surface area contributed by atoms with Crippen molar-refractivity contribution >= 4 is 29.9 Å². The maximum atomic E-state index is 5.61. The van der Waals surface area contributed by atoms with Gasteiger partial charge < -0.3 is 15.1 Å². The van der Waals surface area contributed by atoms with E-state index < -0.39 is 0 Å². The first-order valence-electron chi connectivity index (χ1n) is 10.2. The van der Waals surface area contributed by atoms with E-state index in [2.05, 4.69) is 43.9 Å². The third kappa shape index (κ3) is 6.64. The van der Waals surface area contributed by atoms with E-state index in [1.807, 2.05) is 43.3 Å². The Bertz CT molecular complexity index is 1110. The van der Waals surface area contributed by atoms with Crippen molar-refractivity contribution < 1.29 is 4.42 Å². The third-order valence-corrected chi connectivity index (χ3v) is 4.58. The lowest BCUT2D eigenvalue weighted by molar-refractivity contribution is 0.572. The Morgan fingerprint density at radius 3 is 2.69 bits per heavy atom. The van der Waals surface area contributed by atoms with Gasteiger partial charge in [-0.1, -0.05) is 42.5 Å². The van der Waals surface area contributed by atoms with E-state index >= 15 is 0 Å². The van der Waals surface area contributed by atoms with Crippen molar-refractivity contribution in [3.63, 3.8) is 0 Å². The normalized spacial score (nSPS) is 11.1. The van der Waals surface area contributed by atoms with E-state index in [1.165, 1.54) is 0 Å². The van der Waals surface area contributed by atoms with Crippen LogP contribution in [-0.2, 0) is 19.6 Å². The van der Waals surface area contributed by atoms with Gasteiger partial charge in [-0.15, -0.1) is 24.0 Å². The summed E-state index contributed by atoms with van der Waals surface area (Å²) in [6, 6.07) is 18.2. The monoisotopic (exact) mass is 543 g/mol. The molecule has 4 aromatic rings. The molecule has 0 unspecified atom stereocenters. The Hall–Kier alpha value is -3.21. The fourth-order valence-corrected chi connectivity index (χ4v) is 3.12. The molecule has 0 radical (unpaired) electrons. The van der Waals surface area contributed by atoms with Gasteiger partial charge in [0.1, 0.15) is 18.9 Å². The van der Waals surface area contributed by atoms with Gasteiger partial charge in [0.05, 0.1) is 25.3 Å². The zero-order valence-electron chi connectivity index (χ0n) is 17.8. The molecule has 0 fully saturated rings. The van der Waals surface area contributed by atoms with E-state index in [0.29, 0.717) is 25.5 Å². The zero-order chi connectivity index (χ0) is 21.3. The summed E-state index contributed by atoms with van der Waals surface area (Å²) < 4.78 is 7.41. The van der Waals surface area contributed by atoms with E-state index in [4.69, 9.17) is 9.41 Å². The van der Waals surface area contributed by atoms with E-state index in [1.54, 1.807) is 23.6 Å². The SMILES string of the molecule is CCNC(=NCc1cccc(Cn2cncn2)c1)NCc1coc(-c2ccccc2)n1.I. The maximum Gasteiger partial charge on any atom is 0.226 e. The second kappa shape index (κ2) is 12.0. The van der Waals surface area contributed by atoms with Gasteiger partial charge in [0.15, 0.2) is 5.96 Å². The molecule has 2 heterocycles. The highest BCUT2D eigenvalue weighted by molar-refractivity contribution is 14.0. The average Bonchev–Trinajstić information content (AvgIpc) is 3.49. The second-order valence-electron chi connectivity index (χ2n) is 6.97. The van der Waals surface area contributed by atoms with Crippen LogP contribution < -0.4 is 10.6 Å². The van der Waals surface area contributed by atoms with Gasteiger partial charge in [0, 0.05) is 12.1 Å². The van der Waals surface area contributed by atoms with Crippen LogP contribution >= 0.6 is 24.0 Å². The highest BCUT2D eigenvalue weighted by Crippen LogP contribution is 2.17. The van der Waals surface area contributed by atoms with E-state index in [-0.39, 0.29) is 24.0 Å². The fourth-order valence-electron chi connectivity index (χ4n) is 3.12. The van der Waals surface area contributed by atoms with Gasteiger partial charge >= 0.3 is 0 Å². The van der Waals surface area contributed by atoms with Crippen molar-refractivity contribution in [2.24, 2.45) is 4.99 Å². The van der Waals surface area contributed by atoms with Crippen molar-refractivity contribution in [2.45, 2.75) is 26.6 Å². The molecule has 2 aromatic carbocycles. The summed E-state index contributed by atoms with van der Waals surface area (Å²) in [7, 11) is 0. The molecule has 9 heteroatoms. The summed E-state index contributed by atoms with van der Waals surface area (Å²) in [5.74, 6) is 1.34. The number of rotatable bonds is 8. The Balaban J connectivity index is 0.00000289. The average molecular weight is 543 g/mol. The molecule has 2 N–H and O–H groups in total. The molecule has 0 atom stereocenters. The minimum Gasteiger partial charge on any atom is -0.444 e. The van der Waals surface area contributed by atoms with Gasteiger partial charge in [0.2, 0.25) is 5.89 Å². The minimum atomic E-state index is 0. The molecule has 166 valence electrons. The number of halogens is 1. The molecule has 0 bridgehead atoms. The molecule has 8 nitrogen and oxygen atoms in total. The summed E-state index contributed by atoms with van der Waals surface area (Å²) in [5.41, 5.74) is 4.06. The highest BCUT2D eigenvalue weighted by Gasteiger charge is 2.07. The third-order valence-electron chi connectivity index (χ3n) is 4.58. The van der Waals surface area contributed by atoms with Crippen molar-refractivity contribution in [3.8, 4) is 11.5 Å². The maximum absolute atomic E-state index is 5.61. The van der Waals surface area contributed by atoms with Crippen LogP contribution in [0.5, 0.6) is 0 Å². The van der Waals surface area contributed by atoms with Crippen molar-refractivity contribution in [2.75, 3.05) is 6.54 Å². The molecule has 0 aliphatic rings. The van der Waals surface area contributed by atoms with Crippen LogP contribution in [0.3, 0.4) is 0 Å². The molecule has 0 saturated carbocycles. The van der Waals surface area contributed by atoms with Crippen LogP contribution in [-0.4, -0.2) is 32.3 Å². The number of benzene rings is 2. The molecule has 0 amide bonds. The Kier molecular flexibility index (Phi) is 8.79. The summed E-state index contributed by atoms with van der Waals surface area (Å²) in [5, 5.41) is 10.7. The highest BCUT2D eigenvalue weighted by atomic mass is 127. The largest absolute Gasteiger partial charge is 0.444 e. The molecule has 32 heavy (non-hydrogen) atoms. The summed E-state index contributed by atoms with van der Waals surface area (Å²) in [6.07, 6.45) is 4.93. The topological polar surface area (TPSA) is 93.2 Å². The quantitative estimate of drug-likeness (QED) is 0.199. The van der Waals surface area contributed by atoms with Gasteiger partial charge in [-0.2, -0.15) is 5.10 Å². The van der Waals surface area contributed by atoms with Crippen LogP contribution in [0.2, 0.25) is 0 Å². The van der Waals surface area contributed by atoms with Crippen molar-refractivity contribution in [1.82, 2.24) is 30.4 Å². The number of aromatic nitrogens is 4. The van der Waals surface area contributed by atoms with E-state index in [9.17, 15) is 0 Å². The number of hydrogen-bond acceptors (Lipinski definition) is 5. The van der Waals surface area contributed by atoms with Crippen molar-refractivity contribution in [1.29, 1.82) is 0 Å². The number of hydrogen-bond donors (Lipinski definition) is 2. The lowest BCUT2D eigenvalue weighted by Crippen LogP contribution is -2.36. The van der Waals surface area contributed by atoms with E-state index in [0.717, 1.165) is 34.9 Å². The summed E-state index contributed by atoms with van der Waals surface area (Å²) in [4.78, 5) is 13.2. The van der Waals surface area contributed by atoms with Crippen LogP contribution in [0, 0.1) is 0 Å². The minimum absolute atomic E-state index is 0. The van der Waals surface area contributed by atoms with Gasteiger partial charge in [-0.3, -0.25) is 0 Å². The number of nitrogens with one attached hydrogen (secondary N) is 2. The van der Waals surface area contributed by atoms with Gasteiger partial charge in [0.25, 0.3) is 0 Å². The Morgan fingerprint density at radius 2 is 1.91 bits per heavy atom. The van der Waals surface area contributed by atoms with Crippen LogP contribution in [0.15, 0.2) is 82.9 Å². The Morgan fingerprint density at radius 1 is 1.06 bits per heavy atom. The first kappa shape index (κ1) is 23.5. The second-order valence-corrected chi connectivity index (χ2v) is 6.97. The Labute approximate surface area is 204 Å². The molecule has 0 aliphatic carbocycles. The lowest BCUT2D eigenvalue weighted by Gasteiger charge is -2.10. The first-order valence-corrected chi connectivity index (χ1v) is 10.2. The standard InChI is InChI=1S/C23H25N7O.HI/c1-2-25-23(27-13-21-15-31-22(29-21)20-9-4-3-5-10-20)26-12-18-7-6-8-19(11-18)14-30-17-24-16-28-30;/h3-11,15-17H,2,12-14H2,1H3,(H2,25,26,27);1H. The van der Waals surface area contributed by atoms with Crippen LogP contribution in [0.4, 0.5) is 0 Å². The molecule has 2 aromatic heterocycles. The molecule has 0 aliphatic heterocycles. The molecular formula is C23H26IN7O. The lowest BCUT2D eigenvalue weighted by atomic mass is 10.1. The molecule has 0 spiro atoms. The van der Waals surface area contributed by atoms with Crippen LogP contribution in [0.1, 0.15) is 23.7 Å². The van der Waals surface area contributed by atoms with Gasteiger partial charge in [-0.05, 0) is 30.2 Å². The zero-order valence-corrected chi connectivity index (χ0v) is 20.1. The number of nitrogens with zero attached hydrogens (tertiary/aromatic N) is 5. The number of guanidine groups is 1. The van der Waals surface area contributed by atoms with Crippen molar-refractivity contribution in [3.05, 3.63) is 90.3 Å². The number of oxazole rings is 1. The molecular weight excluding hydrogens is 517 g/mol. The number of aliphatic imine (C=N–C) groups is 1. The first-order chi connectivity index (χ1) is 15.3. The van der Waals surface area contributed by atoms with Crippen LogP contribution in [0.25, 0.3) is 11.5 Å². The predicted octanol–water partition coefficient (Wildman–Crippen LogP) is 3.85. The molecule has 4 rings (SSSR count). The molecule has 0 saturated heterocycles. The summed E-state index contributed by atoms with van der Waals surface area (Å²) >= 11 is 0. The summed E-state index contributed by atoms with van der Waals surface area (Å²) in [6.45, 7) is 4.58.